The summed E-state index contributed by atoms with van der Waals surface area (Å²) in [6.45, 7) is 3.76. The fourth-order valence-corrected chi connectivity index (χ4v) is 1.12. The smallest absolute Gasteiger partial charge is 0.251 e. The molecule has 5 heteroatoms. The number of rotatable bonds is 5. The average Bonchev–Trinajstić information content (AvgIpc) is 2.11. The Kier molecular flexibility index (Phi) is 4.28. The van der Waals surface area contributed by atoms with Gasteiger partial charge in [0.2, 0.25) is 0 Å². The molecular formula is C9H15N3O2. The van der Waals surface area contributed by atoms with Crippen LogP contribution >= 0.6 is 0 Å². The number of aromatic amines is 1. The molecule has 78 valence electrons. The minimum Gasteiger partial charge on any atom is -0.383 e. The van der Waals surface area contributed by atoms with Crippen molar-refractivity contribution in [2.45, 2.75) is 13.5 Å². The summed E-state index contributed by atoms with van der Waals surface area (Å²) in [5.41, 5.74) is 0.642. The molecule has 0 aliphatic carbocycles. The largest absolute Gasteiger partial charge is 0.383 e. The molecule has 5 nitrogen and oxygen atoms in total. The van der Waals surface area contributed by atoms with Crippen LogP contribution in [0.3, 0.4) is 0 Å². The van der Waals surface area contributed by atoms with Gasteiger partial charge in [0, 0.05) is 26.3 Å². The molecule has 0 bridgehead atoms. The molecule has 0 aliphatic rings. The second-order valence-corrected chi connectivity index (χ2v) is 2.99. The first-order valence-corrected chi connectivity index (χ1v) is 4.49. The second-order valence-electron chi connectivity index (χ2n) is 2.99. The Balaban J connectivity index is 2.46. The van der Waals surface area contributed by atoms with Crippen LogP contribution in [0.25, 0.3) is 0 Å². The van der Waals surface area contributed by atoms with Crippen molar-refractivity contribution < 1.29 is 4.74 Å². The minimum absolute atomic E-state index is 0.110. The third-order valence-electron chi connectivity index (χ3n) is 1.70. The molecule has 1 heterocycles. The second kappa shape index (κ2) is 5.51. The number of H-pyrrole nitrogens is 1. The zero-order chi connectivity index (χ0) is 10.4. The lowest BCUT2D eigenvalue weighted by Crippen LogP contribution is -2.21. The summed E-state index contributed by atoms with van der Waals surface area (Å²) in [7, 11) is 1.65. The van der Waals surface area contributed by atoms with Crippen molar-refractivity contribution >= 4 is 0 Å². The molecule has 1 aromatic rings. The summed E-state index contributed by atoms with van der Waals surface area (Å²) in [5, 5.41) is 3.12. The molecule has 0 saturated carbocycles. The van der Waals surface area contributed by atoms with Crippen molar-refractivity contribution in [1.29, 1.82) is 0 Å². The van der Waals surface area contributed by atoms with Crippen LogP contribution in [-0.2, 0) is 11.3 Å². The van der Waals surface area contributed by atoms with Gasteiger partial charge in [0.1, 0.15) is 5.82 Å². The van der Waals surface area contributed by atoms with E-state index in [4.69, 9.17) is 4.74 Å². The molecule has 0 aliphatic heterocycles. The van der Waals surface area contributed by atoms with Crippen molar-refractivity contribution in [2.75, 3.05) is 20.3 Å². The van der Waals surface area contributed by atoms with Crippen LogP contribution in [0.4, 0.5) is 0 Å². The van der Waals surface area contributed by atoms with Gasteiger partial charge in [-0.25, -0.2) is 4.98 Å². The van der Waals surface area contributed by atoms with E-state index >= 15 is 0 Å². The van der Waals surface area contributed by atoms with Crippen LogP contribution in [0.1, 0.15) is 11.5 Å². The Labute approximate surface area is 82.5 Å². The number of methoxy groups -OCH3 is 1. The molecular weight excluding hydrogens is 182 g/mol. The van der Waals surface area contributed by atoms with Crippen LogP contribution < -0.4 is 10.9 Å². The van der Waals surface area contributed by atoms with E-state index in [9.17, 15) is 4.79 Å². The van der Waals surface area contributed by atoms with Crippen LogP contribution in [0.5, 0.6) is 0 Å². The van der Waals surface area contributed by atoms with Crippen molar-refractivity contribution in [3.05, 3.63) is 27.9 Å². The quantitative estimate of drug-likeness (QED) is 0.642. The van der Waals surface area contributed by atoms with Gasteiger partial charge in [-0.05, 0) is 6.92 Å². The van der Waals surface area contributed by atoms with Gasteiger partial charge in [-0.2, -0.15) is 0 Å². The first-order chi connectivity index (χ1) is 6.72. The Morgan fingerprint density at radius 3 is 3.07 bits per heavy atom. The number of aromatic nitrogens is 2. The van der Waals surface area contributed by atoms with Crippen LogP contribution in [0.2, 0.25) is 0 Å². The molecule has 1 aromatic heterocycles. The lowest BCUT2D eigenvalue weighted by molar-refractivity contribution is 0.199. The summed E-state index contributed by atoms with van der Waals surface area (Å²) >= 11 is 0. The van der Waals surface area contributed by atoms with Crippen molar-refractivity contribution in [2.24, 2.45) is 0 Å². The van der Waals surface area contributed by atoms with Crippen molar-refractivity contribution in [3.63, 3.8) is 0 Å². The number of hydrogen-bond donors (Lipinski definition) is 2. The predicted molar refractivity (Wildman–Crippen MR) is 53.2 cm³/mol. The standard InChI is InChI=1S/C9H15N3O2/c1-7-11-8(5-9(13)12-7)6-10-3-4-14-2/h5,10H,3-4,6H2,1-2H3,(H,11,12,13). The van der Waals surface area contributed by atoms with Gasteiger partial charge in [0.05, 0.1) is 12.3 Å². The van der Waals surface area contributed by atoms with E-state index in [2.05, 4.69) is 15.3 Å². The van der Waals surface area contributed by atoms with Gasteiger partial charge in [0.25, 0.3) is 5.56 Å². The molecule has 0 fully saturated rings. The SMILES string of the molecule is COCCNCc1cc(=O)[nH]c(C)n1. The van der Waals surface area contributed by atoms with Gasteiger partial charge in [0.15, 0.2) is 0 Å². The van der Waals surface area contributed by atoms with E-state index in [1.807, 2.05) is 0 Å². The topological polar surface area (TPSA) is 67.0 Å². The Hall–Kier alpha value is -1.20. The monoisotopic (exact) mass is 197 g/mol. The molecule has 0 saturated heterocycles. The van der Waals surface area contributed by atoms with Gasteiger partial charge >= 0.3 is 0 Å². The highest BCUT2D eigenvalue weighted by Crippen LogP contribution is 1.89. The lowest BCUT2D eigenvalue weighted by Gasteiger charge is -2.03. The molecule has 0 spiro atoms. The molecule has 0 aromatic carbocycles. The van der Waals surface area contributed by atoms with Gasteiger partial charge in [-0.3, -0.25) is 4.79 Å². The molecule has 0 atom stereocenters. The number of hydrogen-bond acceptors (Lipinski definition) is 4. The van der Waals surface area contributed by atoms with E-state index < -0.39 is 0 Å². The van der Waals surface area contributed by atoms with Gasteiger partial charge in [-0.1, -0.05) is 0 Å². The average molecular weight is 197 g/mol. The maximum absolute atomic E-state index is 11.1. The number of aryl methyl sites for hydroxylation is 1. The molecule has 2 N–H and O–H groups in total. The van der Waals surface area contributed by atoms with Crippen molar-refractivity contribution in [1.82, 2.24) is 15.3 Å². The predicted octanol–water partition coefficient (Wildman–Crippen LogP) is -0.186. The molecule has 1 rings (SSSR count). The Bertz CT molecular complexity index is 335. The van der Waals surface area contributed by atoms with Crippen LogP contribution in [0, 0.1) is 6.92 Å². The maximum atomic E-state index is 11.1. The molecule has 0 radical (unpaired) electrons. The number of nitrogens with one attached hydrogen (secondary N) is 2. The Morgan fingerprint density at radius 2 is 2.43 bits per heavy atom. The summed E-state index contributed by atoms with van der Waals surface area (Å²) < 4.78 is 4.88. The van der Waals surface area contributed by atoms with E-state index in [1.54, 1.807) is 14.0 Å². The highest BCUT2D eigenvalue weighted by molar-refractivity contribution is 5.01. The molecule has 0 unspecified atom stereocenters. The van der Waals surface area contributed by atoms with E-state index in [0.717, 1.165) is 12.2 Å². The Morgan fingerprint density at radius 1 is 1.64 bits per heavy atom. The summed E-state index contributed by atoms with van der Waals surface area (Å²) in [6.07, 6.45) is 0. The maximum Gasteiger partial charge on any atom is 0.251 e. The highest BCUT2D eigenvalue weighted by Gasteiger charge is 1.96. The lowest BCUT2D eigenvalue weighted by atomic mass is 10.4. The third kappa shape index (κ3) is 3.68. The van der Waals surface area contributed by atoms with E-state index in [-0.39, 0.29) is 5.56 Å². The first-order valence-electron chi connectivity index (χ1n) is 4.49. The summed E-state index contributed by atoms with van der Waals surface area (Å²) in [5.74, 6) is 0.640. The zero-order valence-electron chi connectivity index (χ0n) is 8.46. The van der Waals surface area contributed by atoms with E-state index in [0.29, 0.717) is 19.0 Å². The van der Waals surface area contributed by atoms with Gasteiger partial charge in [-0.15, -0.1) is 0 Å². The molecule has 0 amide bonds. The van der Waals surface area contributed by atoms with Crippen molar-refractivity contribution in [3.8, 4) is 0 Å². The van der Waals surface area contributed by atoms with Gasteiger partial charge < -0.3 is 15.0 Å². The number of nitrogens with zero attached hydrogens (tertiary/aromatic N) is 1. The minimum atomic E-state index is -0.110. The zero-order valence-corrected chi connectivity index (χ0v) is 8.46. The van der Waals surface area contributed by atoms with E-state index in [1.165, 1.54) is 6.07 Å². The van der Waals surface area contributed by atoms with Crippen LogP contribution in [0.15, 0.2) is 10.9 Å². The highest BCUT2D eigenvalue weighted by atomic mass is 16.5. The summed E-state index contributed by atoms with van der Waals surface area (Å²) in [4.78, 5) is 17.8. The van der Waals surface area contributed by atoms with Crippen LogP contribution in [-0.4, -0.2) is 30.2 Å². The third-order valence-corrected chi connectivity index (χ3v) is 1.70. The fourth-order valence-electron chi connectivity index (χ4n) is 1.12. The first kappa shape index (κ1) is 10.9. The molecule has 14 heavy (non-hydrogen) atoms. The summed E-state index contributed by atoms with van der Waals surface area (Å²) in [6, 6.07) is 1.49. The fraction of sp³-hybridized carbons (Fsp3) is 0.556. The normalized spacial score (nSPS) is 10.4. The number of ether oxygens (including phenoxy) is 1.